The summed E-state index contributed by atoms with van der Waals surface area (Å²) in [6, 6.07) is 12.7. The van der Waals surface area contributed by atoms with Crippen LogP contribution in [0, 0.1) is 0 Å². The van der Waals surface area contributed by atoms with Crippen molar-refractivity contribution in [3.8, 4) is 5.75 Å². The second kappa shape index (κ2) is 9.95. The average Bonchev–Trinajstić information content (AvgIpc) is 2.88. The minimum absolute atomic E-state index is 0.0554. The van der Waals surface area contributed by atoms with Crippen LogP contribution in [0.3, 0.4) is 0 Å². The molecule has 5 nitrogen and oxygen atoms in total. The van der Waals surface area contributed by atoms with Gasteiger partial charge in [0.15, 0.2) is 0 Å². The van der Waals surface area contributed by atoms with Crippen molar-refractivity contribution in [3.05, 3.63) is 65.2 Å². The molecule has 0 saturated carbocycles. The first kappa shape index (κ1) is 22.1. The zero-order valence-electron chi connectivity index (χ0n) is 16.6. The largest absolute Gasteiger partial charge is 0.491 e. The summed E-state index contributed by atoms with van der Waals surface area (Å²) in [5.41, 5.74) is 0.803. The molecule has 162 valence electrons. The first-order chi connectivity index (χ1) is 14.3. The number of ether oxygens (including phenoxy) is 1. The van der Waals surface area contributed by atoms with Gasteiger partial charge in [-0.05, 0) is 35.4 Å². The molecule has 1 amide bonds. The van der Waals surface area contributed by atoms with Crippen molar-refractivity contribution in [1.29, 1.82) is 0 Å². The van der Waals surface area contributed by atoms with E-state index in [2.05, 4.69) is 4.90 Å². The highest BCUT2D eigenvalue weighted by atomic mass is 19.4. The molecule has 2 aromatic carbocycles. The molecule has 0 radical (unpaired) electrons. The Hall–Kier alpha value is -2.58. The molecule has 1 N–H and O–H groups in total. The highest BCUT2D eigenvalue weighted by molar-refractivity contribution is 5.76. The highest BCUT2D eigenvalue weighted by Crippen LogP contribution is 2.30. The maximum atomic E-state index is 12.9. The average molecular weight is 422 g/mol. The zero-order chi connectivity index (χ0) is 21.6. The number of rotatable bonds is 7. The van der Waals surface area contributed by atoms with E-state index in [0.29, 0.717) is 43.9 Å². The smallest absolute Gasteiger partial charge is 0.416 e. The molecule has 1 fully saturated rings. The van der Waals surface area contributed by atoms with Crippen LogP contribution in [0.1, 0.15) is 23.1 Å². The van der Waals surface area contributed by atoms with Gasteiger partial charge in [0.1, 0.15) is 12.4 Å². The standard InChI is InChI=1S/C22H25F3N2O3/c23-22(24,25)19-5-1-3-17(13-19)16-27-10-9-26(8-7-21(27)29)15-18-4-2-6-20(14-18)30-12-11-28/h1-6,13-14,28H,7-12,15-16H2. The molecule has 0 aromatic heterocycles. The molecule has 0 atom stereocenters. The number of benzene rings is 2. The van der Waals surface area contributed by atoms with E-state index in [0.717, 1.165) is 17.7 Å². The van der Waals surface area contributed by atoms with Gasteiger partial charge in [-0.1, -0.05) is 24.3 Å². The lowest BCUT2D eigenvalue weighted by atomic mass is 10.1. The van der Waals surface area contributed by atoms with Gasteiger partial charge in [-0.3, -0.25) is 9.69 Å². The van der Waals surface area contributed by atoms with E-state index in [-0.39, 0.29) is 25.7 Å². The normalized spacial score (nSPS) is 15.9. The Labute approximate surface area is 173 Å². The van der Waals surface area contributed by atoms with Crippen molar-refractivity contribution in [2.45, 2.75) is 25.7 Å². The summed E-state index contributed by atoms with van der Waals surface area (Å²) in [5, 5.41) is 8.87. The Balaban J connectivity index is 1.60. The third-order valence-corrected chi connectivity index (χ3v) is 4.97. The first-order valence-electron chi connectivity index (χ1n) is 9.84. The SMILES string of the molecule is O=C1CCN(Cc2cccc(OCCO)c2)CCN1Cc1cccc(C(F)(F)F)c1. The molecule has 0 unspecified atom stereocenters. The maximum Gasteiger partial charge on any atom is 0.416 e. The van der Waals surface area contributed by atoms with E-state index in [1.54, 1.807) is 11.0 Å². The van der Waals surface area contributed by atoms with Crippen molar-refractivity contribution in [1.82, 2.24) is 9.80 Å². The number of alkyl halides is 3. The fraction of sp³-hybridized carbons (Fsp3) is 0.409. The number of nitrogens with zero attached hydrogens (tertiary/aromatic N) is 2. The van der Waals surface area contributed by atoms with E-state index < -0.39 is 11.7 Å². The van der Waals surface area contributed by atoms with Gasteiger partial charge in [-0.25, -0.2) is 0 Å². The van der Waals surface area contributed by atoms with E-state index in [1.807, 2.05) is 24.3 Å². The molecule has 3 rings (SSSR count). The van der Waals surface area contributed by atoms with Gasteiger partial charge in [-0.2, -0.15) is 13.2 Å². The van der Waals surface area contributed by atoms with Gasteiger partial charge in [0.05, 0.1) is 12.2 Å². The second-order valence-corrected chi connectivity index (χ2v) is 7.26. The third-order valence-electron chi connectivity index (χ3n) is 4.97. The predicted octanol–water partition coefficient (Wildman–Crippen LogP) is 3.31. The Bertz CT molecular complexity index is 858. The van der Waals surface area contributed by atoms with E-state index >= 15 is 0 Å². The van der Waals surface area contributed by atoms with Gasteiger partial charge in [0, 0.05) is 39.1 Å². The molecule has 1 saturated heterocycles. The molecular formula is C22H25F3N2O3. The summed E-state index contributed by atoms with van der Waals surface area (Å²) in [7, 11) is 0. The Morgan fingerprint density at radius 1 is 0.967 bits per heavy atom. The van der Waals surface area contributed by atoms with Crippen molar-refractivity contribution >= 4 is 5.91 Å². The zero-order valence-corrected chi connectivity index (χ0v) is 16.6. The molecule has 1 aliphatic rings. The van der Waals surface area contributed by atoms with Gasteiger partial charge in [0.25, 0.3) is 0 Å². The molecule has 30 heavy (non-hydrogen) atoms. The Morgan fingerprint density at radius 3 is 2.43 bits per heavy atom. The van der Waals surface area contributed by atoms with Crippen LogP contribution in [0.5, 0.6) is 5.75 Å². The second-order valence-electron chi connectivity index (χ2n) is 7.26. The molecule has 1 aliphatic heterocycles. The molecule has 2 aromatic rings. The highest BCUT2D eigenvalue weighted by Gasteiger charge is 2.30. The lowest BCUT2D eigenvalue weighted by Crippen LogP contribution is -2.32. The quantitative estimate of drug-likeness (QED) is 0.744. The Morgan fingerprint density at radius 2 is 1.70 bits per heavy atom. The van der Waals surface area contributed by atoms with Crippen molar-refractivity contribution in [2.24, 2.45) is 0 Å². The summed E-state index contributed by atoms with van der Waals surface area (Å²) >= 11 is 0. The molecule has 0 spiro atoms. The summed E-state index contributed by atoms with van der Waals surface area (Å²) < 4.78 is 44.2. The van der Waals surface area contributed by atoms with Gasteiger partial charge in [0.2, 0.25) is 5.91 Å². The first-order valence-corrected chi connectivity index (χ1v) is 9.84. The van der Waals surface area contributed by atoms with E-state index in [1.165, 1.54) is 6.07 Å². The number of hydrogen-bond acceptors (Lipinski definition) is 4. The number of aliphatic hydroxyl groups excluding tert-OH is 1. The monoisotopic (exact) mass is 422 g/mol. The maximum absolute atomic E-state index is 12.9. The summed E-state index contributed by atoms with van der Waals surface area (Å²) in [6.07, 6.45) is -4.08. The Kier molecular flexibility index (Phi) is 7.33. The van der Waals surface area contributed by atoms with Crippen LogP contribution in [0.2, 0.25) is 0 Å². The number of aliphatic hydroxyl groups is 1. The third kappa shape index (κ3) is 6.21. The lowest BCUT2D eigenvalue weighted by molar-refractivity contribution is -0.137. The molecular weight excluding hydrogens is 397 g/mol. The number of halogens is 3. The van der Waals surface area contributed by atoms with E-state index in [9.17, 15) is 18.0 Å². The van der Waals surface area contributed by atoms with Gasteiger partial charge >= 0.3 is 6.18 Å². The van der Waals surface area contributed by atoms with Crippen LogP contribution >= 0.6 is 0 Å². The summed E-state index contributed by atoms with van der Waals surface area (Å²) in [5.74, 6) is 0.619. The van der Waals surface area contributed by atoms with E-state index in [4.69, 9.17) is 9.84 Å². The molecule has 1 heterocycles. The molecule has 8 heteroatoms. The lowest BCUT2D eigenvalue weighted by Gasteiger charge is -2.23. The van der Waals surface area contributed by atoms with Crippen LogP contribution in [-0.2, 0) is 24.1 Å². The number of hydrogen-bond donors (Lipinski definition) is 1. The predicted molar refractivity (Wildman–Crippen MR) is 106 cm³/mol. The molecule has 0 aliphatic carbocycles. The van der Waals surface area contributed by atoms with Crippen LogP contribution in [-0.4, -0.2) is 53.7 Å². The van der Waals surface area contributed by atoms with Crippen molar-refractivity contribution in [2.75, 3.05) is 32.8 Å². The van der Waals surface area contributed by atoms with Gasteiger partial charge in [-0.15, -0.1) is 0 Å². The minimum atomic E-state index is -4.40. The number of carbonyl (C=O) groups excluding carboxylic acids is 1. The summed E-state index contributed by atoms with van der Waals surface area (Å²) in [4.78, 5) is 16.3. The van der Waals surface area contributed by atoms with Crippen molar-refractivity contribution in [3.63, 3.8) is 0 Å². The number of carbonyl (C=O) groups is 1. The van der Waals surface area contributed by atoms with Crippen LogP contribution < -0.4 is 4.74 Å². The fourth-order valence-corrected chi connectivity index (χ4v) is 3.46. The minimum Gasteiger partial charge on any atom is -0.491 e. The topological polar surface area (TPSA) is 53.0 Å². The molecule has 0 bridgehead atoms. The van der Waals surface area contributed by atoms with Crippen molar-refractivity contribution < 1.29 is 27.8 Å². The summed E-state index contributed by atoms with van der Waals surface area (Å²) in [6.45, 7) is 2.65. The number of amides is 1. The van der Waals surface area contributed by atoms with Crippen LogP contribution in [0.15, 0.2) is 48.5 Å². The van der Waals surface area contributed by atoms with Gasteiger partial charge < -0.3 is 14.7 Å². The fourth-order valence-electron chi connectivity index (χ4n) is 3.46. The van der Waals surface area contributed by atoms with Crippen LogP contribution in [0.25, 0.3) is 0 Å². The van der Waals surface area contributed by atoms with Crippen LogP contribution in [0.4, 0.5) is 13.2 Å².